The fourth-order valence-corrected chi connectivity index (χ4v) is 2.12. The number of ether oxygens (including phenoxy) is 4. The summed E-state index contributed by atoms with van der Waals surface area (Å²) in [4.78, 5) is 0. The molecule has 0 aliphatic carbocycles. The predicted octanol–water partition coefficient (Wildman–Crippen LogP) is 0.259. The van der Waals surface area contributed by atoms with E-state index in [1.807, 2.05) is 13.8 Å². The fourth-order valence-electron chi connectivity index (χ4n) is 2.12. The molecule has 2 saturated heterocycles. The summed E-state index contributed by atoms with van der Waals surface area (Å²) in [6.45, 7) is 5.42. The molecule has 2 heterocycles. The molecule has 0 bridgehead atoms. The second kappa shape index (κ2) is 3.68. The number of fused-ring (bicyclic) bond motifs is 1. The Bertz CT molecular complexity index is 234. The molecule has 2 fully saturated rings. The van der Waals surface area contributed by atoms with Gasteiger partial charge in [-0.25, -0.2) is 0 Å². The monoisotopic (exact) mass is 218 g/mol. The van der Waals surface area contributed by atoms with Gasteiger partial charge in [-0.2, -0.15) is 0 Å². The van der Waals surface area contributed by atoms with Gasteiger partial charge in [0.05, 0.1) is 6.10 Å². The normalized spacial score (nSPS) is 49.0. The molecule has 0 saturated carbocycles. The maximum absolute atomic E-state index is 9.91. The van der Waals surface area contributed by atoms with E-state index in [1.54, 1.807) is 14.0 Å². The molecule has 2 rings (SSSR count). The smallest absolute Gasteiger partial charge is 0.186 e. The quantitative estimate of drug-likeness (QED) is 0.684. The molecular weight excluding hydrogens is 200 g/mol. The summed E-state index contributed by atoms with van der Waals surface area (Å²) in [7, 11) is 1.56. The second-order valence-electron chi connectivity index (χ2n) is 4.50. The van der Waals surface area contributed by atoms with Crippen molar-refractivity contribution < 1.29 is 24.1 Å². The molecule has 5 atom stereocenters. The van der Waals surface area contributed by atoms with Crippen LogP contribution in [0.2, 0.25) is 0 Å². The third-order valence-electron chi connectivity index (χ3n) is 2.83. The Morgan fingerprint density at radius 1 is 1.20 bits per heavy atom. The van der Waals surface area contributed by atoms with Gasteiger partial charge in [-0.1, -0.05) is 0 Å². The third kappa shape index (κ3) is 1.90. The van der Waals surface area contributed by atoms with Crippen LogP contribution in [-0.2, 0) is 18.9 Å². The lowest BCUT2D eigenvalue weighted by molar-refractivity contribution is -0.262. The Hall–Kier alpha value is -0.200. The summed E-state index contributed by atoms with van der Waals surface area (Å²) >= 11 is 0. The van der Waals surface area contributed by atoms with Crippen LogP contribution in [0.3, 0.4) is 0 Å². The Morgan fingerprint density at radius 3 is 2.40 bits per heavy atom. The van der Waals surface area contributed by atoms with Gasteiger partial charge in [0.25, 0.3) is 0 Å². The van der Waals surface area contributed by atoms with Crippen LogP contribution in [0.15, 0.2) is 0 Å². The Balaban J connectivity index is 2.18. The van der Waals surface area contributed by atoms with Crippen LogP contribution >= 0.6 is 0 Å². The first-order chi connectivity index (χ1) is 6.94. The van der Waals surface area contributed by atoms with Crippen molar-refractivity contribution in [3.8, 4) is 0 Å². The molecule has 2 aliphatic heterocycles. The minimum atomic E-state index is -0.694. The standard InChI is InChI=1S/C10H18O5/c1-5-6(11)7-8(9(12-4)13-5)15-10(2,3)14-7/h5-9,11H,1-4H3/t5-,6-,7+,8+,9-/m0/s1. The van der Waals surface area contributed by atoms with Crippen LogP contribution in [0.25, 0.3) is 0 Å². The van der Waals surface area contributed by atoms with Crippen LogP contribution in [-0.4, -0.2) is 48.7 Å². The van der Waals surface area contributed by atoms with Gasteiger partial charge in [0.2, 0.25) is 0 Å². The molecule has 0 aromatic rings. The van der Waals surface area contributed by atoms with Gasteiger partial charge in [0, 0.05) is 7.11 Å². The molecule has 0 radical (unpaired) electrons. The van der Waals surface area contributed by atoms with Crippen LogP contribution in [0.4, 0.5) is 0 Å². The minimum Gasteiger partial charge on any atom is -0.388 e. The zero-order chi connectivity index (χ0) is 11.2. The molecule has 5 heteroatoms. The largest absolute Gasteiger partial charge is 0.388 e. The SMILES string of the molecule is CO[C@H]1O[C@@H](C)[C@H](O)[C@H]2OC(C)(C)O[C@@H]12. The van der Waals surface area contributed by atoms with E-state index in [0.29, 0.717) is 0 Å². The van der Waals surface area contributed by atoms with Crippen molar-refractivity contribution in [1.82, 2.24) is 0 Å². The minimum absolute atomic E-state index is 0.311. The molecule has 15 heavy (non-hydrogen) atoms. The highest BCUT2D eigenvalue weighted by atomic mass is 16.8. The number of aliphatic hydroxyl groups excluding tert-OH is 1. The molecule has 5 nitrogen and oxygen atoms in total. The van der Waals surface area contributed by atoms with Crippen LogP contribution in [0, 0.1) is 0 Å². The molecule has 88 valence electrons. The van der Waals surface area contributed by atoms with Gasteiger partial charge in [-0.3, -0.25) is 0 Å². The van der Waals surface area contributed by atoms with E-state index in [1.165, 1.54) is 0 Å². The van der Waals surface area contributed by atoms with E-state index in [9.17, 15) is 5.11 Å². The molecule has 0 spiro atoms. The lowest BCUT2D eigenvalue weighted by Gasteiger charge is -2.37. The second-order valence-corrected chi connectivity index (χ2v) is 4.50. The van der Waals surface area contributed by atoms with Crippen molar-refractivity contribution in [2.45, 2.75) is 57.3 Å². The van der Waals surface area contributed by atoms with E-state index in [0.717, 1.165) is 0 Å². The van der Waals surface area contributed by atoms with Crippen LogP contribution in [0.1, 0.15) is 20.8 Å². The molecule has 0 unspecified atom stereocenters. The average molecular weight is 218 g/mol. The van der Waals surface area contributed by atoms with Crippen molar-refractivity contribution >= 4 is 0 Å². The van der Waals surface area contributed by atoms with E-state index in [-0.39, 0.29) is 18.3 Å². The number of rotatable bonds is 1. The van der Waals surface area contributed by atoms with Crippen molar-refractivity contribution in [3.05, 3.63) is 0 Å². The number of hydrogen-bond donors (Lipinski definition) is 1. The third-order valence-corrected chi connectivity index (χ3v) is 2.83. The van der Waals surface area contributed by atoms with E-state index < -0.39 is 18.2 Å². The predicted molar refractivity (Wildman–Crippen MR) is 51.2 cm³/mol. The van der Waals surface area contributed by atoms with Gasteiger partial charge in [-0.15, -0.1) is 0 Å². The van der Waals surface area contributed by atoms with Crippen molar-refractivity contribution in [1.29, 1.82) is 0 Å². The first-order valence-corrected chi connectivity index (χ1v) is 5.16. The van der Waals surface area contributed by atoms with Gasteiger partial charge in [0.15, 0.2) is 12.1 Å². The molecule has 0 aromatic heterocycles. The highest BCUT2D eigenvalue weighted by Gasteiger charge is 2.54. The summed E-state index contributed by atoms with van der Waals surface area (Å²) < 4.78 is 21.9. The van der Waals surface area contributed by atoms with E-state index in [2.05, 4.69) is 0 Å². The Kier molecular flexibility index (Phi) is 2.77. The Morgan fingerprint density at radius 2 is 1.80 bits per heavy atom. The average Bonchev–Trinajstić information content (AvgIpc) is 2.48. The van der Waals surface area contributed by atoms with Crippen molar-refractivity contribution in [2.75, 3.05) is 7.11 Å². The summed E-state index contributed by atoms with van der Waals surface area (Å²) in [6, 6.07) is 0. The molecule has 2 aliphatic rings. The maximum atomic E-state index is 9.91. The van der Waals surface area contributed by atoms with Gasteiger partial charge < -0.3 is 24.1 Å². The van der Waals surface area contributed by atoms with E-state index >= 15 is 0 Å². The number of aliphatic hydroxyl groups is 1. The summed E-state index contributed by atoms with van der Waals surface area (Å²) in [6.07, 6.45) is -2.21. The van der Waals surface area contributed by atoms with Crippen molar-refractivity contribution in [2.24, 2.45) is 0 Å². The highest BCUT2D eigenvalue weighted by Crippen LogP contribution is 2.37. The number of methoxy groups -OCH3 is 1. The highest BCUT2D eigenvalue weighted by molar-refractivity contribution is 4.94. The summed E-state index contributed by atoms with van der Waals surface area (Å²) in [5, 5.41) is 9.91. The van der Waals surface area contributed by atoms with Gasteiger partial charge in [-0.05, 0) is 20.8 Å². The summed E-state index contributed by atoms with van der Waals surface area (Å²) in [5.41, 5.74) is 0. The summed E-state index contributed by atoms with van der Waals surface area (Å²) in [5.74, 6) is -0.694. The molecule has 1 N–H and O–H groups in total. The molecular formula is C10H18O5. The van der Waals surface area contributed by atoms with E-state index in [4.69, 9.17) is 18.9 Å². The first-order valence-electron chi connectivity index (χ1n) is 5.16. The van der Waals surface area contributed by atoms with Crippen LogP contribution < -0.4 is 0 Å². The zero-order valence-electron chi connectivity index (χ0n) is 9.47. The lowest BCUT2D eigenvalue weighted by Crippen LogP contribution is -2.55. The van der Waals surface area contributed by atoms with Crippen LogP contribution in [0.5, 0.6) is 0 Å². The first kappa shape index (κ1) is 11.3. The molecule has 0 aromatic carbocycles. The molecule has 0 amide bonds. The van der Waals surface area contributed by atoms with Gasteiger partial charge in [0.1, 0.15) is 18.3 Å². The number of hydrogen-bond acceptors (Lipinski definition) is 5. The lowest BCUT2D eigenvalue weighted by atomic mass is 10.0. The maximum Gasteiger partial charge on any atom is 0.186 e. The van der Waals surface area contributed by atoms with Crippen molar-refractivity contribution in [3.63, 3.8) is 0 Å². The topological polar surface area (TPSA) is 57.2 Å². The fraction of sp³-hybridized carbons (Fsp3) is 1.00. The van der Waals surface area contributed by atoms with Gasteiger partial charge >= 0.3 is 0 Å². The Labute approximate surface area is 89.3 Å². The zero-order valence-corrected chi connectivity index (χ0v) is 9.47.